The Morgan fingerprint density at radius 3 is 2.62 bits per heavy atom. The smallest absolute Gasteiger partial charge is 0.185 e. The Bertz CT molecular complexity index is 697. The predicted octanol–water partition coefficient (Wildman–Crippen LogP) is 3.19. The van der Waals surface area contributed by atoms with Crippen molar-refractivity contribution >= 4 is 11.9 Å². The summed E-state index contributed by atoms with van der Waals surface area (Å²) in [4.78, 5) is 12.0. The summed E-state index contributed by atoms with van der Waals surface area (Å²) in [5.74, 6) is 0.490. The number of hydrogen-bond acceptors (Lipinski definition) is 4. The van der Waals surface area contributed by atoms with E-state index in [-0.39, 0.29) is 18.1 Å². The number of nitrogens with zero attached hydrogens (tertiary/aromatic N) is 1. The van der Waals surface area contributed by atoms with Crippen LogP contribution in [-0.2, 0) is 0 Å². The number of carbonyl (C=O) groups excluding carboxylic acids is 1. The van der Waals surface area contributed by atoms with Crippen LogP contribution in [0.2, 0.25) is 0 Å². The molecule has 0 aliphatic heterocycles. The quantitative estimate of drug-likeness (QED) is 0.674. The van der Waals surface area contributed by atoms with Crippen molar-refractivity contribution in [2.24, 2.45) is 0 Å². The highest BCUT2D eigenvalue weighted by Gasteiger charge is 2.03. The molecule has 21 heavy (non-hydrogen) atoms. The topological polar surface area (TPSA) is 70.3 Å². The van der Waals surface area contributed by atoms with Crippen LogP contribution in [-0.4, -0.2) is 17.5 Å². The molecule has 0 bridgehead atoms. The lowest BCUT2D eigenvalue weighted by molar-refractivity contribution is 0.104. The van der Waals surface area contributed by atoms with E-state index in [1.54, 1.807) is 36.4 Å². The number of nitriles is 1. The molecule has 4 nitrogen and oxygen atoms in total. The first kappa shape index (κ1) is 14.4. The van der Waals surface area contributed by atoms with Crippen LogP contribution in [0.1, 0.15) is 15.9 Å². The molecule has 0 unspecified atom stereocenters. The van der Waals surface area contributed by atoms with Gasteiger partial charge in [-0.25, -0.2) is 0 Å². The minimum absolute atomic E-state index is 0.0449. The molecule has 1 N–H and O–H groups in total. The van der Waals surface area contributed by atoms with E-state index in [4.69, 9.17) is 10.00 Å². The Kier molecular flexibility index (Phi) is 4.73. The molecular formula is C17H13NO3. The maximum Gasteiger partial charge on any atom is 0.185 e. The summed E-state index contributed by atoms with van der Waals surface area (Å²) in [6.07, 6.45) is 3.07. The van der Waals surface area contributed by atoms with E-state index >= 15 is 0 Å². The van der Waals surface area contributed by atoms with Gasteiger partial charge in [0.15, 0.2) is 12.4 Å². The molecule has 0 saturated heterocycles. The van der Waals surface area contributed by atoms with E-state index in [0.29, 0.717) is 11.3 Å². The van der Waals surface area contributed by atoms with E-state index < -0.39 is 0 Å². The third-order valence-electron chi connectivity index (χ3n) is 2.78. The van der Waals surface area contributed by atoms with Crippen molar-refractivity contribution in [1.82, 2.24) is 0 Å². The molecule has 0 amide bonds. The lowest BCUT2D eigenvalue weighted by atomic mass is 10.1. The monoisotopic (exact) mass is 279 g/mol. The molecule has 0 fully saturated rings. The molecule has 2 rings (SSSR count). The third-order valence-corrected chi connectivity index (χ3v) is 2.78. The average molecular weight is 279 g/mol. The van der Waals surface area contributed by atoms with Gasteiger partial charge in [-0.15, -0.1) is 0 Å². The van der Waals surface area contributed by atoms with Crippen LogP contribution in [0.4, 0.5) is 0 Å². The van der Waals surface area contributed by atoms with Crippen LogP contribution >= 0.6 is 0 Å². The van der Waals surface area contributed by atoms with E-state index in [1.807, 2.05) is 12.1 Å². The molecule has 2 aromatic rings. The van der Waals surface area contributed by atoms with Gasteiger partial charge in [-0.1, -0.05) is 18.2 Å². The summed E-state index contributed by atoms with van der Waals surface area (Å²) >= 11 is 0. The van der Waals surface area contributed by atoms with Gasteiger partial charge in [-0.05, 0) is 42.5 Å². The number of para-hydroxylation sites is 1. The molecule has 104 valence electrons. The first-order chi connectivity index (χ1) is 10.2. The Morgan fingerprint density at radius 2 is 1.90 bits per heavy atom. The predicted molar refractivity (Wildman–Crippen MR) is 79.0 cm³/mol. The van der Waals surface area contributed by atoms with Crippen molar-refractivity contribution in [2.75, 3.05) is 6.61 Å². The first-order valence-electron chi connectivity index (χ1n) is 6.31. The minimum Gasteiger partial charge on any atom is -0.508 e. The van der Waals surface area contributed by atoms with Gasteiger partial charge in [0.2, 0.25) is 0 Å². The number of hydrogen-bond donors (Lipinski definition) is 1. The van der Waals surface area contributed by atoms with Gasteiger partial charge in [-0.3, -0.25) is 4.79 Å². The number of phenolic OH excluding ortho intramolecular Hbond substituents is 1. The summed E-state index contributed by atoms with van der Waals surface area (Å²) in [5.41, 5.74) is 1.21. The summed E-state index contributed by atoms with van der Waals surface area (Å²) in [6.45, 7) is -0.0449. The van der Waals surface area contributed by atoms with E-state index in [0.717, 1.165) is 5.56 Å². The summed E-state index contributed by atoms with van der Waals surface area (Å²) in [5, 5.41) is 17.7. The molecule has 0 saturated carbocycles. The van der Waals surface area contributed by atoms with Crippen molar-refractivity contribution in [3.05, 3.63) is 65.7 Å². The van der Waals surface area contributed by atoms with Crippen LogP contribution in [0.3, 0.4) is 0 Å². The van der Waals surface area contributed by atoms with Gasteiger partial charge in [0.25, 0.3) is 0 Å². The van der Waals surface area contributed by atoms with Gasteiger partial charge in [0, 0.05) is 11.1 Å². The Morgan fingerprint density at radius 1 is 1.19 bits per heavy atom. The summed E-state index contributed by atoms with van der Waals surface area (Å²) < 4.78 is 5.28. The second-order valence-corrected chi connectivity index (χ2v) is 4.23. The Labute approximate surface area is 122 Å². The van der Waals surface area contributed by atoms with Crippen molar-refractivity contribution in [3.8, 4) is 17.6 Å². The van der Waals surface area contributed by atoms with E-state index in [2.05, 4.69) is 0 Å². The van der Waals surface area contributed by atoms with E-state index in [1.165, 1.54) is 18.2 Å². The molecule has 0 aliphatic rings. The standard InChI is InChI=1S/C17H13NO3/c18-11-12-21-17-4-2-1-3-14(17)7-10-16(20)13-5-8-15(19)9-6-13/h1-10,19H,12H2/b10-7+. The van der Waals surface area contributed by atoms with Gasteiger partial charge in [0.05, 0.1) is 0 Å². The van der Waals surface area contributed by atoms with Crippen LogP contribution in [0.5, 0.6) is 11.5 Å². The molecule has 0 radical (unpaired) electrons. The molecule has 0 aromatic heterocycles. The van der Waals surface area contributed by atoms with Gasteiger partial charge in [0.1, 0.15) is 17.6 Å². The maximum absolute atomic E-state index is 12.0. The molecule has 0 aliphatic carbocycles. The largest absolute Gasteiger partial charge is 0.508 e. The fourth-order valence-corrected chi connectivity index (χ4v) is 1.75. The second-order valence-electron chi connectivity index (χ2n) is 4.23. The SMILES string of the molecule is N#CCOc1ccccc1/C=C/C(=O)c1ccc(O)cc1. The van der Waals surface area contributed by atoms with E-state index in [9.17, 15) is 9.90 Å². The maximum atomic E-state index is 12.0. The average Bonchev–Trinajstić information content (AvgIpc) is 2.52. The number of rotatable bonds is 5. The van der Waals surface area contributed by atoms with Crippen LogP contribution in [0, 0.1) is 11.3 Å². The Balaban J connectivity index is 2.15. The number of carbonyl (C=O) groups is 1. The first-order valence-corrected chi connectivity index (χ1v) is 6.31. The number of aromatic hydroxyl groups is 1. The molecular weight excluding hydrogens is 266 g/mol. The van der Waals surface area contributed by atoms with Crippen LogP contribution in [0.25, 0.3) is 6.08 Å². The zero-order valence-corrected chi connectivity index (χ0v) is 11.2. The van der Waals surface area contributed by atoms with Crippen LogP contribution in [0.15, 0.2) is 54.6 Å². The van der Waals surface area contributed by atoms with Gasteiger partial charge in [-0.2, -0.15) is 5.26 Å². The lowest BCUT2D eigenvalue weighted by Gasteiger charge is -2.05. The third kappa shape index (κ3) is 3.95. The van der Waals surface area contributed by atoms with Gasteiger partial charge < -0.3 is 9.84 Å². The number of allylic oxidation sites excluding steroid dienone is 1. The van der Waals surface area contributed by atoms with Crippen molar-refractivity contribution in [3.63, 3.8) is 0 Å². The minimum atomic E-state index is -0.176. The van der Waals surface area contributed by atoms with Crippen molar-refractivity contribution in [2.45, 2.75) is 0 Å². The van der Waals surface area contributed by atoms with Gasteiger partial charge >= 0.3 is 0 Å². The molecule has 0 heterocycles. The highest BCUT2D eigenvalue weighted by Crippen LogP contribution is 2.20. The zero-order valence-electron chi connectivity index (χ0n) is 11.2. The Hall–Kier alpha value is -3.06. The molecule has 4 heteroatoms. The number of ether oxygens (including phenoxy) is 1. The molecule has 0 atom stereocenters. The summed E-state index contributed by atoms with van der Waals surface area (Å²) in [6, 6.07) is 15.1. The molecule has 0 spiro atoms. The highest BCUT2D eigenvalue weighted by molar-refractivity contribution is 6.07. The summed E-state index contributed by atoms with van der Waals surface area (Å²) in [7, 11) is 0. The number of phenols is 1. The second kappa shape index (κ2) is 6.92. The van der Waals surface area contributed by atoms with Crippen LogP contribution < -0.4 is 4.74 Å². The lowest BCUT2D eigenvalue weighted by Crippen LogP contribution is -1.96. The van der Waals surface area contributed by atoms with Crippen molar-refractivity contribution < 1.29 is 14.6 Å². The highest BCUT2D eigenvalue weighted by atomic mass is 16.5. The van der Waals surface area contributed by atoms with Crippen molar-refractivity contribution in [1.29, 1.82) is 5.26 Å². The normalized spacial score (nSPS) is 10.2. The zero-order chi connectivity index (χ0) is 15.1. The number of benzene rings is 2. The fraction of sp³-hybridized carbons (Fsp3) is 0.0588. The fourth-order valence-electron chi connectivity index (χ4n) is 1.75. The number of ketones is 1. The molecule has 2 aromatic carbocycles.